The number of halogens is 1. The first-order valence-corrected chi connectivity index (χ1v) is 12.4. The largest absolute Gasteiger partial charge is 0.497 e. The second-order valence-corrected chi connectivity index (χ2v) is 10.5. The number of hydrogen-bond donors (Lipinski definition) is 0. The number of hydrogen-bond acceptors (Lipinski definition) is 4. The third kappa shape index (κ3) is 4.41. The van der Waals surface area contributed by atoms with E-state index in [1.165, 1.54) is 13.3 Å². The standard InChI is InChI=1S/C26H24ClNO4S/c1-17(2)18-8-11-21(12-9-18)33(30,31)25-16-28(15-19-6-4-5-7-23(19)27)24-13-10-20(32-3)14-22(24)26(25)29/h4-14,16-17H,15H2,1-3H3. The molecule has 0 atom stereocenters. The number of rotatable bonds is 6. The Morgan fingerprint density at radius 1 is 1.00 bits per heavy atom. The molecule has 0 saturated carbocycles. The molecular formula is C26H24ClNO4S. The summed E-state index contributed by atoms with van der Waals surface area (Å²) in [5.74, 6) is 0.738. The van der Waals surface area contributed by atoms with Crippen LogP contribution in [0.5, 0.6) is 5.75 Å². The molecule has 0 unspecified atom stereocenters. The second-order valence-electron chi connectivity index (χ2n) is 8.15. The molecule has 4 rings (SSSR count). The third-order valence-corrected chi connectivity index (χ3v) is 7.83. The smallest absolute Gasteiger partial charge is 0.211 e. The van der Waals surface area contributed by atoms with Crippen LogP contribution in [0.1, 0.15) is 30.9 Å². The average molecular weight is 482 g/mol. The second kappa shape index (κ2) is 9.04. The SMILES string of the molecule is COc1ccc2c(c1)c(=O)c(S(=O)(=O)c1ccc(C(C)C)cc1)cn2Cc1ccccc1Cl. The van der Waals surface area contributed by atoms with Crippen LogP contribution in [-0.4, -0.2) is 20.1 Å². The number of sulfone groups is 1. The molecule has 5 nitrogen and oxygen atoms in total. The molecule has 0 saturated heterocycles. The van der Waals surface area contributed by atoms with Gasteiger partial charge in [-0.1, -0.05) is 55.8 Å². The number of pyridine rings is 1. The predicted molar refractivity (Wildman–Crippen MR) is 131 cm³/mol. The van der Waals surface area contributed by atoms with Gasteiger partial charge in [0, 0.05) is 17.8 Å². The maximum absolute atomic E-state index is 13.5. The Bertz CT molecular complexity index is 1490. The monoisotopic (exact) mass is 481 g/mol. The van der Waals surface area contributed by atoms with Gasteiger partial charge >= 0.3 is 0 Å². The highest BCUT2D eigenvalue weighted by Gasteiger charge is 2.24. The zero-order valence-corrected chi connectivity index (χ0v) is 20.2. The van der Waals surface area contributed by atoms with Crippen molar-refractivity contribution in [1.29, 1.82) is 0 Å². The first-order chi connectivity index (χ1) is 15.7. The molecule has 0 fully saturated rings. The number of methoxy groups -OCH3 is 1. The fraction of sp³-hybridized carbons (Fsp3) is 0.192. The number of fused-ring (bicyclic) bond motifs is 1. The Hall–Kier alpha value is -3.09. The highest BCUT2D eigenvalue weighted by atomic mass is 35.5. The number of benzene rings is 3. The minimum Gasteiger partial charge on any atom is -0.497 e. The topological polar surface area (TPSA) is 65.4 Å². The zero-order chi connectivity index (χ0) is 23.8. The maximum atomic E-state index is 13.5. The first-order valence-electron chi connectivity index (χ1n) is 10.5. The number of ether oxygens (including phenoxy) is 1. The van der Waals surface area contributed by atoms with Gasteiger partial charge < -0.3 is 9.30 Å². The molecule has 3 aromatic carbocycles. The zero-order valence-electron chi connectivity index (χ0n) is 18.6. The van der Waals surface area contributed by atoms with Gasteiger partial charge in [-0.25, -0.2) is 8.42 Å². The lowest BCUT2D eigenvalue weighted by atomic mass is 10.0. The molecule has 0 radical (unpaired) electrons. The van der Waals surface area contributed by atoms with Gasteiger partial charge in [0.2, 0.25) is 15.3 Å². The van der Waals surface area contributed by atoms with Gasteiger partial charge in [-0.3, -0.25) is 4.79 Å². The summed E-state index contributed by atoms with van der Waals surface area (Å²) in [6.45, 7) is 4.37. The molecule has 1 heterocycles. The highest BCUT2D eigenvalue weighted by molar-refractivity contribution is 7.91. The van der Waals surface area contributed by atoms with Crippen molar-refractivity contribution in [1.82, 2.24) is 4.57 Å². The molecule has 170 valence electrons. The third-order valence-electron chi connectivity index (χ3n) is 5.70. The van der Waals surface area contributed by atoms with Crippen LogP contribution >= 0.6 is 11.6 Å². The van der Waals surface area contributed by atoms with Gasteiger partial charge in [0.05, 0.1) is 22.9 Å². The molecule has 0 spiro atoms. The van der Waals surface area contributed by atoms with Crippen molar-refractivity contribution in [2.45, 2.75) is 36.1 Å². The number of aromatic nitrogens is 1. The van der Waals surface area contributed by atoms with Gasteiger partial charge in [-0.15, -0.1) is 0 Å². The molecular weight excluding hydrogens is 458 g/mol. The van der Waals surface area contributed by atoms with E-state index < -0.39 is 15.3 Å². The van der Waals surface area contributed by atoms with E-state index in [1.807, 2.05) is 32.0 Å². The van der Waals surface area contributed by atoms with Crippen LogP contribution < -0.4 is 10.2 Å². The summed E-state index contributed by atoms with van der Waals surface area (Å²) in [7, 11) is -2.55. The lowest BCUT2D eigenvalue weighted by Crippen LogP contribution is -2.20. The minimum absolute atomic E-state index is 0.0792. The fourth-order valence-corrected chi connectivity index (χ4v) is 5.33. The van der Waals surface area contributed by atoms with Crippen LogP contribution in [0.15, 0.2) is 87.5 Å². The van der Waals surface area contributed by atoms with E-state index in [4.69, 9.17) is 16.3 Å². The summed E-state index contributed by atoms with van der Waals surface area (Å²) in [4.78, 5) is 13.2. The lowest BCUT2D eigenvalue weighted by molar-refractivity contribution is 0.415. The van der Waals surface area contributed by atoms with E-state index in [-0.39, 0.29) is 21.1 Å². The maximum Gasteiger partial charge on any atom is 0.211 e. The van der Waals surface area contributed by atoms with Gasteiger partial charge in [0.15, 0.2) is 0 Å². The lowest BCUT2D eigenvalue weighted by Gasteiger charge is -2.16. The van der Waals surface area contributed by atoms with Crippen molar-refractivity contribution in [3.05, 3.63) is 99.3 Å². The molecule has 0 aliphatic rings. The van der Waals surface area contributed by atoms with E-state index in [2.05, 4.69) is 0 Å². The Morgan fingerprint density at radius 3 is 2.33 bits per heavy atom. The summed E-state index contributed by atoms with van der Waals surface area (Å²) in [5.41, 5.74) is 1.86. The van der Waals surface area contributed by atoms with E-state index >= 15 is 0 Å². The molecule has 0 bridgehead atoms. The van der Waals surface area contributed by atoms with Gasteiger partial charge in [0.1, 0.15) is 10.6 Å². The fourth-order valence-electron chi connectivity index (χ4n) is 3.77. The molecule has 0 amide bonds. The Kier molecular flexibility index (Phi) is 6.32. The summed E-state index contributed by atoms with van der Waals surface area (Å²) < 4.78 is 34.1. The van der Waals surface area contributed by atoms with Crippen molar-refractivity contribution in [2.24, 2.45) is 0 Å². The Labute approximate surface area is 198 Å². The Balaban J connectivity index is 1.95. The van der Waals surface area contributed by atoms with E-state index in [9.17, 15) is 13.2 Å². The van der Waals surface area contributed by atoms with Crippen molar-refractivity contribution in [3.8, 4) is 5.75 Å². The normalized spacial score (nSPS) is 11.8. The Morgan fingerprint density at radius 2 is 1.70 bits per heavy atom. The molecule has 0 aliphatic heterocycles. The van der Waals surface area contributed by atoms with Crippen LogP contribution in [0.3, 0.4) is 0 Å². The van der Waals surface area contributed by atoms with Crippen molar-refractivity contribution in [2.75, 3.05) is 7.11 Å². The van der Waals surface area contributed by atoms with E-state index in [0.717, 1.165) is 11.1 Å². The van der Waals surface area contributed by atoms with E-state index in [1.54, 1.807) is 53.1 Å². The van der Waals surface area contributed by atoms with Crippen LogP contribution in [0, 0.1) is 0 Å². The minimum atomic E-state index is -4.06. The van der Waals surface area contributed by atoms with Crippen LogP contribution in [0.4, 0.5) is 0 Å². The van der Waals surface area contributed by atoms with Crippen LogP contribution in [0.2, 0.25) is 5.02 Å². The van der Waals surface area contributed by atoms with Gasteiger partial charge in [-0.05, 0) is 53.4 Å². The number of nitrogens with zero attached hydrogens (tertiary/aromatic N) is 1. The summed E-state index contributed by atoms with van der Waals surface area (Å²) in [6, 6.07) is 19.1. The molecule has 0 N–H and O–H groups in total. The summed E-state index contributed by atoms with van der Waals surface area (Å²) in [6.07, 6.45) is 1.41. The summed E-state index contributed by atoms with van der Waals surface area (Å²) in [5, 5.41) is 0.827. The van der Waals surface area contributed by atoms with Crippen LogP contribution in [0.25, 0.3) is 10.9 Å². The van der Waals surface area contributed by atoms with Crippen molar-refractivity contribution >= 4 is 32.3 Å². The van der Waals surface area contributed by atoms with Gasteiger partial charge in [0.25, 0.3) is 0 Å². The predicted octanol–water partition coefficient (Wildman–Crippen LogP) is 5.67. The average Bonchev–Trinajstić information content (AvgIpc) is 2.81. The summed E-state index contributed by atoms with van der Waals surface area (Å²) >= 11 is 6.36. The quantitative estimate of drug-likeness (QED) is 0.356. The van der Waals surface area contributed by atoms with Crippen molar-refractivity contribution in [3.63, 3.8) is 0 Å². The molecule has 1 aromatic heterocycles. The molecule has 0 aliphatic carbocycles. The molecule has 7 heteroatoms. The highest BCUT2D eigenvalue weighted by Crippen LogP contribution is 2.26. The first kappa shape index (κ1) is 23.1. The van der Waals surface area contributed by atoms with Gasteiger partial charge in [-0.2, -0.15) is 0 Å². The molecule has 33 heavy (non-hydrogen) atoms. The van der Waals surface area contributed by atoms with Crippen molar-refractivity contribution < 1.29 is 13.2 Å². The van der Waals surface area contributed by atoms with Crippen LogP contribution in [-0.2, 0) is 16.4 Å². The van der Waals surface area contributed by atoms with E-state index in [0.29, 0.717) is 22.8 Å². The molecule has 4 aromatic rings.